The molecule has 3 aromatic rings. The highest BCUT2D eigenvalue weighted by Gasteiger charge is 2.08. The standard InChI is InChI=1S/C26H28N4O3/c1-4-24(31)30-23-15-22(9-8-18(23)3)28-25(32)16-27-20-10-12-21(13-11-20)29-26(33)19-7-5-6-17(2)14-19/h5-15,27H,4,16H2,1-3H3,(H,28,32)(H,29,33)(H,30,31). The van der Waals surface area contributed by atoms with Gasteiger partial charge in [-0.2, -0.15) is 0 Å². The van der Waals surface area contributed by atoms with E-state index >= 15 is 0 Å². The van der Waals surface area contributed by atoms with Gasteiger partial charge in [-0.05, 0) is 67.9 Å². The number of rotatable bonds is 8. The molecule has 4 N–H and O–H groups in total. The summed E-state index contributed by atoms with van der Waals surface area (Å²) in [7, 11) is 0. The molecule has 0 saturated heterocycles. The molecule has 0 radical (unpaired) electrons. The maximum Gasteiger partial charge on any atom is 0.255 e. The summed E-state index contributed by atoms with van der Waals surface area (Å²) in [6, 6.07) is 19.9. The highest BCUT2D eigenvalue weighted by atomic mass is 16.2. The monoisotopic (exact) mass is 444 g/mol. The zero-order valence-corrected chi connectivity index (χ0v) is 19.0. The van der Waals surface area contributed by atoms with Crippen molar-refractivity contribution in [1.82, 2.24) is 0 Å². The lowest BCUT2D eigenvalue weighted by molar-refractivity contribution is -0.116. The van der Waals surface area contributed by atoms with Crippen molar-refractivity contribution in [3.05, 3.63) is 83.4 Å². The van der Waals surface area contributed by atoms with Gasteiger partial charge in [-0.3, -0.25) is 14.4 Å². The first-order valence-electron chi connectivity index (χ1n) is 10.8. The molecule has 3 aromatic carbocycles. The molecule has 3 amide bonds. The van der Waals surface area contributed by atoms with E-state index in [1.165, 1.54) is 0 Å². The third-order valence-electron chi connectivity index (χ3n) is 4.99. The molecule has 33 heavy (non-hydrogen) atoms. The van der Waals surface area contributed by atoms with E-state index in [9.17, 15) is 14.4 Å². The summed E-state index contributed by atoms with van der Waals surface area (Å²) in [4.78, 5) is 36.4. The minimum atomic E-state index is -0.219. The molecule has 0 bridgehead atoms. The minimum absolute atomic E-state index is 0.0690. The van der Waals surface area contributed by atoms with Crippen LogP contribution >= 0.6 is 0 Å². The van der Waals surface area contributed by atoms with Gasteiger partial charge in [0.25, 0.3) is 5.91 Å². The summed E-state index contributed by atoms with van der Waals surface area (Å²) in [5.41, 5.74) is 5.23. The second-order valence-corrected chi connectivity index (χ2v) is 7.73. The van der Waals surface area contributed by atoms with E-state index in [4.69, 9.17) is 0 Å². The van der Waals surface area contributed by atoms with E-state index in [-0.39, 0.29) is 24.3 Å². The van der Waals surface area contributed by atoms with E-state index in [2.05, 4.69) is 21.3 Å². The fourth-order valence-electron chi connectivity index (χ4n) is 3.12. The Morgan fingerprint density at radius 3 is 2.12 bits per heavy atom. The van der Waals surface area contributed by atoms with Gasteiger partial charge in [0.1, 0.15) is 0 Å². The van der Waals surface area contributed by atoms with Crippen LogP contribution in [0, 0.1) is 13.8 Å². The van der Waals surface area contributed by atoms with Crippen LogP contribution < -0.4 is 21.3 Å². The number of aryl methyl sites for hydroxylation is 2. The Labute approximate surface area is 193 Å². The molecule has 0 saturated carbocycles. The summed E-state index contributed by atoms with van der Waals surface area (Å²) >= 11 is 0. The number of anilines is 4. The molecule has 0 heterocycles. The predicted octanol–water partition coefficient (Wildman–Crippen LogP) is 4.95. The lowest BCUT2D eigenvalue weighted by Gasteiger charge is -2.12. The van der Waals surface area contributed by atoms with Crippen LogP contribution in [-0.2, 0) is 9.59 Å². The van der Waals surface area contributed by atoms with Gasteiger partial charge >= 0.3 is 0 Å². The Bertz CT molecular complexity index is 1160. The van der Waals surface area contributed by atoms with Gasteiger partial charge in [-0.1, -0.05) is 30.7 Å². The second kappa shape index (κ2) is 10.9. The Kier molecular flexibility index (Phi) is 7.81. The van der Waals surface area contributed by atoms with E-state index in [0.29, 0.717) is 29.0 Å². The normalized spacial score (nSPS) is 10.3. The van der Waals surface area contributed by atoms with Crippen LogP contribution in [0.25, 0.3) is 0 Å². The predicted molar refractivity (Wildman–Crippen MR) is 133 cm³/mol. The van der Waals surface area contributed by atoms with Crippen molar-refractivity contribution in [3.63, 3.8) is 0 Å². The molecule has 0 fully saturated rings. The molecule has 7 heteroatoms. The molecule has 3 rings (SSSR count). The lowest BCUT2D eigenvalue weighted by atomic mass is 10.1. The van der Waals surface area contributed by atoms with E-state index in [1.807, 2.05) is 38.1 Å². The topological polar surface area (TPSA) is 99.3 Å². The zero-order chi connectivity index (χ0) is 23.8. The molecule has 0 unspecified atom stereocenters. The number of carbonyl (C=O) groups is 3. The maximum absolute atomic E-state index is 12.4. The van der Waals surface area contributed by atoms with Crippen molar-refractivity contribution in [2.75, 3.05) is 27.8 Å². The van der Waals surface area contributed by atoms with Crippen molar-refractivity contribution >= 4 is 40.5 Å². The largest absolute Gasteiger partial charge is 0.376 e. The summed E-state index contributed by atoms with van der Waals surface area (Å²) in [6.45, 7) is 5.69. The van der Waals surface area contributed by atoms with Crippen molar-refractivity contribution in [3.8, 4) is 0 Å². The molecule has 0 aromatic heterocycles. The van der Waals surface area contributed by atoms with Crippen molar-refractivity contribution in [2.45, 2.75) is 27.2 Å². The number of hydrogen-bond donors (Lipinski definition) is 4. The van der Waals surface area contributed by atoms with E-state index in [1.54, 1.807) is 49.4 Å². The Balaban J connectivity index is 1.52. The van der Waals surface area contributed by atoms with Crippen LogP contribution in [0.1, 0.15) is 34.8 Å². The first kappa shape index (κ1) is 23.5. The Morgan fingerprint density at radius 1 is 0.727 bits per heavy atom. The molecular weight excluding hydrogens is 416 g/mol. The SMILES string of the molecule is CCC(=O)Nc1cc(NC(=O)CNc2ccc(NC(=O)c3cccc(C)c3)cc2)ccc1C. The molecular formula is C26H28N4O3. The quantitative estimate of drug-likeness (QED) is 0.395. The van der Waals surface area contributed by atoms with Crippen molar-refractivity contribution < 1.29 is 14.4 Å². The molecule has 0 atom stereocenters. The van der Waals surface area contributed by atoms with Crippen LogP contribution in [0.4, 0.5) is 22.7 Å². The Hall–Kier alpha value is -4.13. The highest BCUT2D eigenvalue weighted by molar-refractivity contribution is 6.04. The number of hydrogen-bond acceptors (Lipinski definition) is 4. The van der Waals surface area contributed by atoms with Crippen molar-refractivity contribution in [2.24, 2.45) is 0 Å². The first-order valence-corrected chi connectivity index (χ1v) is 10.8. The van der Waals surface area contributed by atoms with Gasteiger partial charge in [0.2, 0.25) is 11.8 Å². The highest BCUT2D eigenvalue weighted by Crippen LogP contribution is 2.21. The molecule has 0 spiro atoms. The van der Waals surface area contributed by atoms with Gasteiger partial charge in [-0.15, -0.1) is 0 Å². The van der Waals surface area contributed by atoms with Gasteiger partial charge in [0, 0.05) is 34.7 Å². The van der Waals surface area contributed by atoms with Crippen LogP contribution in [0.3, 0.4) is 0 Å². The average molecular weight is 445 g/mol. The third-order valence-corrected chi connectivity index (χ3v) is 4.99. The summed E-state index contributed by atoms with van der Waals surface area (Å²) in [5, 5.41) is 11.6. The van der Waals surface area contributed by atoms with Crippen LogP contribution in [0.15, 0.2) is 66.7 Å². The molecule has 170 valence electrons. The van der Waals surface area contributed by atoms with Crippen molar-refractivity contribution in [1.29, 1.82) is 0 Å². The van der Waals surface area contributed by atoms with Gasteiger partial charge in [-0.25, -0.2) is 0 Å². The van der Waals surface area contributed by atoms with Crippen LogP contribution in [0.2, 0.25) is 0 Å². The fraction of sp³-hybridized carbons (Fsp3) is 0.192. The number of benzene rings is 3. The third kappa shape index (κ3) is 6.93. The number of carbonyl (C=O) groups excluding carboxylic acids is 3. The summed E-state index contributed by atoms with van der Waals surface area (Å²) in [5.74, 6) is -0.475. The zero-order valence-electron chi connectivity index (χ0n) is 19.0. The first-order chi connectivity index (χ1) is 15.8. The Morgan fingerprint density at radius 2 is 1.42 bits per heavy atom. The van der Waals surface area contributed by atoms with E-state index < -0.39 is 0 Å². The smallest absolute Gasteiger partial charge is 0.255 e. The lowest BCUT2D eigenvalue weighted by Crippen LogP contribution is -2.22. The number of amides is 3. The minimum Gasteiger partial charge on any atom is -0.376 e. The van der Waals surface area contributed by atoms with Gasteiger partial charge in [0.05, 0.1) is 6.54 Å². The summed E-state index contributed by atoms with van der Waals surface area (Å²) < 4.78 is 0. The van der Waals surface area contributed by atoms with E-state index in [0.717, 1.165) is 16.8 Å². The average Bonchev–Trinajstić information content (AvgIpc) is 2.80. The van der Waals surface area contributed by atoms with Gasteiger partial charge < -0.3 is 21.3 Å². The fourth-order valence-corrected chi connectivity index (χ4v) is 3.12. The molecule has 0 aliphatic rings. The van der Waals surface area contributed by atoms with Crippen LogP contribution in [-0.4, -0.2) is 24.3 Å². The summed E-state index contributed by atoms with van der Waals surface area (Å²) in [6.07, 6.45) is 0.383. The molecule has 7 nitrogen and oxygen atoms in total. The maximum atomic E-state index is 12.4. The number of nitrogens with one attached hydrogen (secondary N) is 4. The van der Waals surface area contributed by atoms with Gasteiger partial charge in [0.15, 0.2) is 0 Å². The molecule has 0 aliphatic heterocycles. The van der Waals surface area contributed by atoms with Crippen LogP contribution in [0.5, 0.6) is 0 Å². The second-order valence-electron chi connectivity index (χ2n) is 7.73. The molecule has 0 aliphatic carbocycles.